The number of hydrogen-bond donors (Lipinski definition) is 1. The first kappa shape index (κ1) is 20.3. The van der Waals surface area contributed by atoms with Crippen molar-refractivity contribution < 1.29 is 26.3 Å². The lowest BCUT2D eigenvalue weighted by Gasteiger charge is -2.28. The monoisotopic (exact) mass is 426 g/mol. The maximum Gasteiger partial charge on any atom is 0.265 e. The molecule has 1 fully saturated rings. The summed E-state index contributed by atoms with van der Waals surface area (Å²) in [6, 6.07) is 10.9. The van der Waals surface area contributed by atoms with Gasteiger partial charge in [-0.05, 0) is 43.2 Å². The molecule has 1 heterocycles. The number of benzene rings is 2. The topological polar surface area (TPSA) is 102 Å². The molecule has 0 atom stereocenters. The Bertz CT molecular complexity index is 1070. The van der Waals surface area contributed by atoms with Gasteiger partial charge in [0, 0.05) is 6.54 Å². The highest BCUT2D eigenvalue weighted by Crippen LogP contribution is 2.34. The molecule has 0 radical (unpaired) electrons. The maximum absolute atomic E-state index is 13.0. The fourth-order valence-electron chi connectivity index (χ4n) is 3.04. The van der Waals surface area contributed by atoms with E-state index in [1.165, 1.54) is 30.7 Å². The molecule has 152 valence electrons. The Morgan fingerprint density at radius 3 is 2.39 bits per heavy atom. The molecule has 0 aromatic heterocycles. The molecule has 0 aliphatic carbocycles. The van der Waals surface area contributed by atoms with E-state index in [1.54, 1.807) is 30.3 Å². The Labute approximate surface area is 165 Å². The average molecular weight is 427 g/mol. The van der Waals surface area contributed by atoms with Crippen LogP contribution in [0.3, 0.4) is 0 Å². The summed E-state index contributed by atoms with van der Waals surface area (Å²) in [5, 5.41) is 0. The fourth-order valence-corrected chi connectivity index (χ4v) is 5.93. The van der Waals surface area contributed by atoms with Crippen molar-refractivity contribution in [2.24, 2.45) is 0 Å². The quantitative estimate of drug-likeness (QED) is 0.761. The van der Waals surface area contributed by atoms with Gasteiger partial charge in [-0.3, -0.25) is 9.03 Å². The summed E-state index contributed by atoms with van der Waals surface area (Å²) in [6.45, 7) is 0.314. The van der Waals surface area contributed by atoms with Gasteiger partial charge in [-0.2, -0.15) is 0 Å². The number of nitrogens with zero attached hydrogens (tertiary/aromatic N) is 1. The molecular formula is C18H22N2O6S2. The van der Waals surface area contributed by atoms with Gasteiger partial charge in [-0.15, -0.1) is 0 Å². The summed E-state index contributed by atoms with van der Waals surface area (Å²) in [4.78, 5) is -0.154. The first-order valence-electron chi connectivity index (χ1n) is 8.63. The first-order valence-corrected chi connectivity index (χ1v) is 11.7. The molecule has 0 spiro atoms. The number of nitrogens with one attached hydrogen (secondary N) is 1. The molecule has 3 rings (SSSR count). The van der Waals surface area contributed by atoms with Crippen molar-refractivity contribution in [1.82, 2.24) is 0 Å². The lowest BCUT2D eigenvalue weighted by atomic mass is 10.2. The van der Waals surface area contributed by atoms with Gasteiger partial charge in [0.25, 0.3) is 10.0 Å². The minimum absolute atomic E-state index is 0.0422. The minimum atomic E-state index is -4.06. The zero-order valence-corrected chi connectivity index (χ0v) is 17.2. The van der Waals surface area contributed by atoms with Gasteiger partial charge in [0.2, 0.25) is 10.0 Å². The summed E-state index contributed by atoms with van der Waals surface area (Å²) < 4.78 is 64.9. The number of sulfonamides is 2. The standard InChI is InChI=1S/C18H22N2O6S2/c1-25-16-8-4-3-7-15(16)19-28(23,24)18-13-14(9-10-17(18)26-2)20-11-5-6-12-27(20,21)22/h3-4,7-10,13,19H,5-6,11-12H2,1-2H3. The van der Waals surface area contributed by atoms with Crippen LogP contribution in [0.5, 0.6) is 11.5 Å². The molecule has 0 amide bonds. The van der Waals surface area contributed by atoms with Gasteiger partial charge in [-0.1, -0.05) is 12.1 Å². The van der Waals surface area contributed by atoms with Crippen molar-refractivity contribution in [2.45, 2.75) is 17.7 Å². The summed E-state index contributed by atoms with van der Waals surface area (Å²) in [5.74, 6) is 0.515. The molecule has 1 N–H and O–H groups in total. The van der Waals surface area contributed by atoms with Crippen molar-refractivity contribution in [3.05, 3.63) is 42.5 Å². The lowest BCUT2D eigenvalue weighted by molar-refractivity contribution is 0.403. The van der Waals surface area contributed by atoms with Crippen molar-refractivity contribution in [3.8, 4) is 11.5 Å². The van der Waals surface area contributed by atoms with Crippen LogP contribution in [0.4, 0.5) is 11.4 Å². The highest BCUT2D eigenvalue weighted by Gasteiger charge is 2.29. The number of para-hydroxylation sites is 2. The zero-order chi connectivity index (χ0) is 20.4. The molecule has 1 aliphatic heterocycles. The molecular weight excluding hydrogens is 404 g/mol. The Balaban J connectivity index is 2.04. The van der Waals surface area contributed by atoms with Crippen molar-refractivity contribution >= 4 is 31.4 Å². The van der Waals surface area contributed by atoms with Gasteiger partial charge in [0.05, 0.1) is 31.3 Å². The van der Waals surface area contributed by atoms with E-state index < -0.39 is 20.0 Å². The number of hydrogen-bond acceptors (Lipinski definition) is 6. The molecule has 1 aliphatic rings. The van der Waals surface area contributed by atoms with Crippen LogP contribution in [0.25, 0.3) is 0 Å². The van der Waals surface area contributed by atoms with Gasteiger partial charge >= 0.3 is 0 Å². The van der Waals surface area contributed by atoms with Crippen molar-refractivity contribution in [1.29, 1.82) is 0 Å². The predicted molar refractivity (Wildman–Crippen MR) is 107 cm³/mol. The van der Waals surface area contributed by atoms with Crippen LogP contribution < -0.4 is 18.5 Å². The van der Waals surface area contributed by atoms with E-state index in [9.17, 15) is 16.8 Å². The normalized spacial score (nSPS) is 16.4. The van der Waals surface area contributed by atoms with E-state index >= 15 is 0 Å². The van der Waals surface area contributed by atoms with Gasteiger partial charge in [-0.25, -0.2) is 16.8 Å². The third-order valence-electron chi connectivity index (χ3n) is 4.43. The average Bonchev–Trinajstić information content (AvgIpc) is 2.67. The Hall–Kier alpha value is -2.46. The minimum Gasteiger partial charge on any atom is -0.495 e. The molecule has 1 saturated heterocycles. The van der Waals surface area contributed by atoms with Gasteiger partial charge in [0.1, 0.15) is 16.4 Å². The number of methoxy groups -OCH3 is 2. The van der Waals surface area contributed by atoms with Crippen molar-refractivity contribution in [3.63, 3.8) is 0 Å². The summed E-state index contributed by atoms with van der Waals surface area (Å²) in [5.41, 5.74) is 0.559. The summed E-state index contributed by atoms with van der Waals surface area (Å²) in [7, 11) is -4.74. The number of ether oxygens (including phenoxy) is 2. The maximum atomic E-state index is 13.0. The molecule has 0 unspecified atom stereocenters. The molecule has 0 bridgehead atoms. The van der Waals surface area contributed by atoms with Crippen LogP contribution in [0.1, 0.15) is 12.8 Å². The second-order valence-corrected chi connectivity index (χ2v) is 9.90. The molecule has 28 heavy (non-hydrogen) atoms. The van der Waals surface area contributed by atoms with E-state index in [0.29, 0.717) is 30.8 Å². The third-order valence-corrected chi connectivity index (χ3v) is 7.68. The molecule has 10 heteroatoms. The highest BCUT2D eigenvalue weighted by molar-refractivity contribution is 7.93. The lowest BCUT2D eigenvalue weighted by Crippen LogP contribution is -2.37. The SMILES string of the molecule is COc1ccccc1NS(=O)(=O)c1cc(N2CCCCS2(=O)=O)ccc1OC. The largest absolute Gasteiger partial charge is 0.495 e. The van der Waals surface area contributed by atoms with Crippen LogP contribution >= 0.6 is 0 Å². The molecule has 0 saturated carbocycles. The summed E-state index contributed by atoms with van der Waals surface area (Å²) in [6.07, 6.45) is 1.31. The summed E-state index contributed by atoms with van der Waals surface area (Å²) >= 11 is 0. The molecule has 2 aromatic carbocycles. The second kappa shape index (κ2) is 7.88. The van der Waals surface area contributed by atoms with E-state index in [1.807, 2.05) is 0 Å². The number of rotatable bonds is 6. The van der Waals surface area contributed by atoms with E-state index in [0.717, 1.165) is 0 Å². The Kier molecular flexibility index (Phi) is 5.71. The van der Waals surface area contributed by atoms with Gasteiger partial charge in [0.15, 0.2) is 0 Å². The van der Waals surface area contributed by atoms with E-state index in [4.69, 9.17) is 9.47 Å². The van der Waals surface area contributed by atoms with Crippen LogP contribution in [0, 0.1) is 0 Å². The molecule has 2 aromatic rings. The fraction of sp³-hybridized carbons (Fsp3) is 0.333. The van der Waals surface area contributed by atoms with Crippen LogP contribution in [-0.2, 0) is 20.0 Å². The van der Waals surface area contributed by atoms with Crippen LogP contribution in [-0.4, -0.2) is 43.4 Å². The third kappa shape index (κ3) is 4.02. The number of anilines is 2. The van der Waals surface area contributed by atoms with E-state index in [-0.39, 0.29) is 22.1 Å². The predicted octanol–water partition coefficient (Wildman–Crippen LogP) is 2.43. The van der Waals surface area contributed by atoms with E-state index in [2.05, 4.69) is 4.72 Å². The second-order valence-electron chi connectivity index (χ2n) is 6.24. The smallest absolute Gasteiger partial charge is 0.265 e. The van der Waals surface area contributed by atoms with Crippen LogP contribution in [0.2, 0.25) is 0 Å². The Morgan fingerprint density at radius 1 is 1.00 bits per heavy atom. The van der Waals surface area contributed by atoms with Crippen LogP contribution in [0.15, 0.2) is 47.4 Å². The highest BCUT2D eigenvalue weighted by atomic mass is 32.2. The first-order chi connectivity index (χ1) is 13.3. The Morgan fingerprint density at radius 2 is 1.71 bits per heavy atom. The zero-order valence-electron chi connectivity index (χ0n) is 15.6. The van der Waals surface area contributed by atoms with Gasteiger partial charge < -0.3 is 9.47 Å². The molecule has 8 nitrogen and oxygen atoms in total. The van der Waals surface area contributed by atoms with Crippen molar-refractivity contribution in [2.75, 3.05) is 35.5 Å².